The molecule has 4 rings (SSSR count). The fourth-order valence-corrected chi connectivity index (χ4v) is 4.14. The number of imide groups is 2. The van der Waals surface area contributed by atoms with Gasteiger partial charge >= 0.3 is 0 Å². The third-order valence-electron chi connectivity index (χ3n) is 5.82. The molecule has 0 bridgehead atoms. The summed E-state index contributed by atoms with van der Waals surface area (Å²) < 4.78 is 5.58. The van der Waals surface area contributed by atoms with Crippen molar-refractivity contribution in [1.82, 2.24) is 20.4 Å². The van der Waals surface area contributed by atoms with Gasteiger partial charge in [0.2, 0.25) is 11.8 Å². The molecule has 1 atom stereocenters. The minimum Gasteiger partial charge on any atom is -0.369 e. The Balaban J connectivity index is 1.30. The van der Waals surface area contributed by atoms with E-state index in [4.69, 9.17) is 4.74 Å². The topological polar surface area (TPSA) is 108 Å². The largest absolute Gasteiger partial charge is 0.369 e. The van der Waals surface area contributed by atoms with Gasteiger partial charge in [0, 0.05) is 51.3 Å². The number of benzene rings is 1. The van der Waals surface area contributed by atoms with Crippen molar-refractivity contribution in [1.29, 1.82) is 0 Å². The van der Waals surface area contributed by atoms with Gasteiger partial charge in [-0.1, -0.05) is 11.8 Å². The molecule has 0 aromatic heterocycles. The summed E-state index contributed by atoms with van der Waals surface area (Å²) in [5.74, 6) is 3.82. The van der Waals surface area contributed by atoms with Crippen molar-refractivity contribution in [3.63, 3.8) is 0 Å². The van der Waals surface area contributed by atoms with E-state index in [1.165, 1.54) is 0 Å². The maximum Gasteiger partial charge on any atom is 0.262 e. The van der Waals surface area contributed by atoms with Crippen LogP contribution in [0.1, 0.15) is 45.5 Å². The zero-order valence-corrected chi connectivity index (χ0v) is 17.8. The monoisotopic (exact) mass is 438 g/mol. The molecule has 168 valence electrons. The van der Waals surface area contributed by atoms with E-state index in [1.54, 1.807) is 18.2 Å². The van der Waals surface area contributed by atoms with E-state index in [2.05, 4.69) is 27.4 Å². The number of nitrogens with one attached hydrogen (secondary N) is 2. The summed E-state index contributed by atoms with van der Waals surface area (Å²) in [7, 11) is 0. The van der Waals surface area contributed by atoms with Gasteiger partial charge in [0.15, 0.2) is 0 Å². The SMILES string of the molecule is O=C1CCC(N2C(=O)c3ccc(C#CCOCCCN4CCNCC4)cc3C2=O)C(=O)N1. The van der Waals surface area contributed by atoms with Crippen molar-refractivity contribution < 1.29 is 23.9 Å². The molecule has 3 aliphatic rings. The molecule has 3 heterocycles. The molecule has 1 unspecified atom stereocenters. The molecule has 4 amide bonds. The highest BCUT2D eigenvalue weighted by molar-refractivity contribution is 6.23. The quantitative estimate of drug-likeness (QED) is 0.358. The second-order valence-corrected chi connectivity index (χ2v) is 8.01. The number of hydrogen-bond donors (Lipinski definition) is 2. The molecule has 32 heavy (non-hydrogen) atoms. The second-order valence-electron chi connectivity index (χ2n) is 8.01. The summed E-state index contributed by atoms with van der Waals surface area (Å²) >= 11 is 0. The number of ether oxygens (including phenoxy) is 1. The van der Waals surface area contributed by atoms with Crippen molar-refractivity contribution in [3.05, 3.63) is 34.9 Å². The Hall–Kier alpha value is -3.06. The summed E-state index contributed by atoms with van der Waals surface area (Å²) in [5.41, 5.74) is 1.07. The number of fused-ring (bicyclic) bond motifs is 1. The van der Waals surface area contributed by atoms with Crippen LogP contribution < -0.4 is 10.6 Å². The van der Waals surface area contributed by atoms with E-state index < -0.39 is 29.7 Å². The first-order valence-electron chi connectivity index (χ1n) is 10.9. The number of rotatable bonds is 6. The first-order valence-corrected chi connectivity index (χ1v) is 10.9. The van der Waals surface area contributed by atoms with Crippen LogP contribution in [0.25, 0.3) is 0 Å². The molecule has 0 radical (unpaired) electrons. The number of nitrogens with zero attached hydrogens (tertiary/aromatic N) is 2. The summed E-state index contributed by atoms with van der Waals surface area (Å²) in [4.78, 5) is 52.4. The van der Waals surface area contributed by atoms with E-state index in [1.807, 2.05) is 0 Å². The number of carbonyl (C=O) groups is 4. The zero-order valence-electron chi connectivity index (χ0n) is 17.8. The molecule has 3 aliphatic heterocycles. The third kappa shape index (κ3) is 4.88. The molecule has 1 aromatic carbocycles. The van der Waals surface area contributed by atoms with E-state index >= 15 is 0 Å². The average molecular weight is 438 g/mol. The lowest BCUT2D eigenvalue weighted by Gasteiger charge is -2.27. The average Bonchev–Trinajstić information content (AvgIpc) is 3.04. The Bertz CT molecular complexity index is 990. The summed E-state index contributed by atoms with van der Waals surface area (Å²) in [6.07, 6.45) is 1.18. The molecule has 2 saturated heterocycles. The van der Waals surface area contributed by atoms with Crippen LogP contribution in [0.3, 0.4) is 0 Å². The van der Waals surface area contributed by atoms with Gasteiger partial charge in [0.1, 0.15) is 12.6 Å². The van der Waals surface area contributed by atoms with Crippen LogP contribution in [0.15, 0.2) is 18.2 Å². The number of piperidine rings is 1. The lowest BCUT2D eigenvalue weighted by Crippen LogP contribution is -2.54. The molecule has 2 N–H and O–H groups in total. The van der Waals surface area contributed by atoms with Crippen LogP contribution >= 0.6 is 0 Å². The first kappa shape index (κ1) is 22.1. The van der Waals surface area contributed by atoms with Crippen molar-refractivity contribution in [3.8, 4) is 11.8 Å². The minimum atomic E-state index is -0.968. The van der Waals surface area contributed by atoms with Gasteiger partial charge in [0.05, 0.1) is 11.1 Å². The smallest absolute Gasteiger partial charge is 0.262 e. The van der Waals surface area contributed by atoms with Gasteiger partial charge in [-0.2, -0.15) is 0 Å². The van der Waals surface area contributed by atoms with Crippen molar-refractivity contribution in [2.45, 2.75) is 25.3 Å². The fourth-order valence-electron chi connectivity index (χ4n) is 4.14. The Morgan fingerprint density at radius 1 is 1.06 bits per heavy atom. The fraction of sp³-hybridized carbons (Fsp3) is 0.478. The van der Waals surface area contributed by atoms with Crippen molar-refractivity contribution >= 4 is 23.6 Å². The Kier molecular flexibility index (Phi) is 6.95. The highest BCUT2D eigenvalue weighted by atomic mass is 16.5. The van der Waals surface area contributed by atoms with Crippen molar-refractivity contribution in [2.24, 2.45) is 0 Å². The lowest BCUT2D eigenvalue weighted by molar-refractivity contribution is -0.136. The number of piperazine rings is 1. The third-order valence-corrected chi connectivity index (χ3v) is 5.82. The van der Waals surface area contributed by atoms with Crippen LogP contribution in [0, 0.1) is 11.8 Å². The molecule has 2 fully saturated rings. The molecule has 1 aromatic rings. The summed E-state index contributed by atoms with van der Waals surface area (Å²) in [5, 5.41) is 5.52. The zero-order chi connectivity index (χ0) is 22.5. The van der Waals surface area contributed by atoms with E-state index in [9.17, 15) is 19.2 Å². The molecule has 0 aliphatic carbocycles. The van der Waals surface area contributed by atoms with Crippen LogP contribution in [-0.4, -0.2) is 85.4 Å². The molecular weight excluding hydrogens is 412 g/mol. The van der Waals surface area contributed by atoms with E-state index in [0.717, 1.165) is 44.0 Å². The van der Waals surface area contributed by atoms with Gasteiger partial charge < -0.3 is 15.0 Å². The molecule has 0 saturated carbocycles. The number of hydrogen-bond acceptors (Lipinski definition) is 7. The van der Waals surface area contributed by atoms with E-state index in [-0.39, 0.29) is 30.6 Å². The maximum atomic E-state index is 12.8. The Morgan fingerprint density at radius 2 is 1.84 bits per heavy atom. The summed E-state index contributed by atoms with van der Waals surface area (Å²) in [6, 6.07) is 3.83. The van der Waals surface area contributed by atoms with Crippen LogP contribution in [0.2, 0.25) is 0 Å². The standard InChI is InChI=1S/C23H26N4O5/c28-20-7-6-19(21(29)25-20)27-22(30)17-5-4-16(15-18(17)23(27)31)3-1-13-32-14-2-10-26-11-8-24-9-12-26/h4-5,15,19,24H,2,6-14H2,(H,25,28,29). The molecule has 0 spiro atoms. The molecule has 9 nitrogen and oxygen atoms in total. The molecule has 9 heteroatoms. The first-order chi connectivity index (χ1) is 15.5. The predicted molar refractivity (Wildman–Crippen MR) is 115 cm³/mol. The second kappa shape index (κ2) is 10.0. The Morgan fingerprint density at radius 3 is 2.62 bits per heavy atom. The van der Waals surface area contributed by atoms with Crippen LogP contribution in [-0.2, 0) is 14.3 Å². The van der Waals surface area contributed by atoms with Crippen molar-refractivity contribution in [2.75, 3.05) is 45.9 Å². The van der Waals surface area contributed by atoms with Gasteiger partial charge in [0.25, 0.3) is 11.8 Å². The normalized spacial score (nSPS) is 21.2. The van der Waals surface area contributed by atoms with Gasteiger partial charge in [-0.15, -0.1) is 0 Å². The number of amides is 4. The predicted octanol–water partition coefficient (Wildman–Crippen LogP) is -0.249. The maximum absolute atomic E-state index is 12.8. The van der Waals surface area contributed by atoms with Crippen LogP contribution in [0.5, 0.6) is 0 Å². The van der Waals surface area contributed by atoms with Gasteiger partial charge in [-0.3, -0.25) is 29.4 Å². The van der Waals surface area contributed by atoms with Gasteiger partial charge in [-0.25, -0.2) is 0 Å². The highest BCUT2D eigenvalue weighted by Crippen LogP contribution is 2.28. The Labute approximate surface area is 186 Å². The summed E-state index contributed by atoms with van der Waals surface area (Å²) in [6.45, 7) is 6.14. The van der Waals surface area contributed by atoms with Gasteiger partial charge in [-0.05, 0) is 31.0 Å². The number of carbonyl (C=O) groups excluding carboxylic acids is 4. The molecular formula is C23H26N4O5. The minimum absolute atomic E-state index is 0.0930. The lowest BCUT2D eigenvalue weighted by atomic mass is 10.0. The van der Waals surface area contributed by atoms with E-state index in [0.29, 0.717) is 12.2 Å². The highest BCUT2D eigenvalue weighted by Gasteiger charge is 2.44. The van der Waals surface area contributed by atoms with Crippen LogP contribution in [0.4, 0.5) is 0 Å².